The van der Waals surface area contributed by atoms with Crippen molar-refractivity contribution in [1.29, 1.82) is 10.5 Å². The van der Waals surface area contributed by atoms with Gasteiger partial charge in [0.25, 0.3) is 0 Å². The molecule has 0 aliphatic heterocycles. The van der Waals surface area contributed by atoms with Gasteiger partial charge in [0.1, 0.15) is 22.3 Å². The molecular weight excluding hydrogens is 516 g/mol. The lowest BCUT2D eigenvalue weighted by Gasteiger charge is -2.17. The fraction of sp³-hybridized carbons (Fsp3) is 0. The molecule has 194 valence electrons. The summed E-state index contributed by atoms with van der Waals surface area (Å²) in [6.45, 7) is 0. The van der Waals surface area contributed by atoms with Gasteiger partial charge in [-0.25, -0.2) is 0 Å². The molecule has 2 aromatic heterocycles. The molecule has 0 aliphatic rings. The molecule has 8 rings (SSSR count). The Kier molecular flexibility index (Phi) is 5.22. The van der Waals surface area contributed by atoms with Gasteiger partial charge in [-0.3, -0.25) is 0 Å². The molecule has 0 fully saturated rings. The van der Waals surface area contributed by atoms with Gasteiger partial charge in [0.15, 0.2) is 0 Å². The van der Waals surface area contributed by atoms with Crippen molar-refractivity contribution in [3.63, 3.8) is 0 Å². The van der Waals surface area contributed by atoms with Crippen LogP contribution in [0.5, 0.6) is 0 Å². The summed E-state index contributed by atoms with van der Waals surface area (Å²) in [5, 5.41) is 23.2. The monoisotopic (exact) mass is 536 g/mol. The third-order valence-corrected chi connectivity index (χ3v) is 7.96. The SMILES string of the molecule is N#Cc1cccc(-c2c(-c3cccc4c3oc3ccccc34)cccc2-c2cccc3c2oc2ccc(C#N)cc23)c1. The molecule has 2 heterocycles. The molecule has 0 N–H and O–H groups in total. The minimum atomic E-state index is 0.584. The number of fused-ring (bicyclic) bond motifs is 6. The van der Waals surface area contributed by atoms with E-state index in [0.717, 1.165) is 77.3 Å². The van der Waals surface area contributed by atoms with E-state index < -0.39 is 0 Å². The van der Waals surface area contributed by atoms with Crippen molar-refractivity contribution >= 4 is 43.9 Å². The highest BCUT2D eigenvalue weighted by Gasteiger charge is 2.21. The summed E-state index contributed by atoms with van der Waals surface area (Å²) in [6.07, 6.45) is 0. The Balaban J connectivity index is 1.47. The van der Waals surface area contributed by atoms with Crippen LogP contribution in [0.2, 0.25) is 0 Å². The summed E-state index contributed by atoms with van der Waals surface area (Å²) in [6, 6.07) is 44.4. The minimum absolute atomic E-state index is 0.584. The van der Waals surface area contributed by atoms with Crippen LogP contribution in [-0.4, -0.2) is 0 Å². The van der Waals surface area contributed by atoms with E-state index >= 15 is 0 Å². The van der Waals surface area contributed by atoms with Crippen molar-refractivity contribution < 1.29 is 8.83 Å². The van der Waals surface area contributed by atoms with Gasteiger partial charge in [0.05, 0.1) is 23.3 Å². The van der Waals surface area contributed by atoms with Gasteiger partial charge in [-0.05, 0) is 58.7 Å². The zero-order valence-electron chi connectivity index (χ0n) is 22.3. The molecule has 0 bridgehead atoms. The quantitative estimate of drug-likeness (QED) is 0.225. The number of hydrogen-bond acceptors (Lipinski definition) is 4. The molecule has 0 spiro atoms. The van der Waals surface area contributed by atoms with Gasteiger partial charge in [-0.15, -0.1) is 0 Å². The molecular formula is C38H20N2O2. The molecule has 0 aliphatic carbocycles. The highest BCUT2D eigenvalue weighted by molar-refractivity contribution is 6.14. The zero-order valence-corrected chi connectivity index (χ0v) is 22.3. The van der Waals surface area contributed by atoms with Crippen molar-refractivity contribution in [2.45, 2.75) is 0 Å². The third kappa shape index (κ3) is 3.53. The first kappa shape index (κ1) is 23.8. The summed E-state index contributed by atoms with van der Waals surface area (Å²) < 4.78 is 12.9. The molecule has 8 aromatic rings. The van der Waals surface area contributed by atoms with E-state index in [1.165, 1.54) is 0 Å². The zero-order chi connectivity index (χ0) is 28.2. The Labute approximate surface area is 240 Å². The standard InChI is InChI=1S/C38H20N2O2/c39-21-23-7-3-8-25(19-23)36-27(30-13-5-12-29-26-9-1-2-16-34(26)41-37(29)30)10-4-11-28(36)31-14-6-15-32-33-20-24(22-40)17-18-35(33)42-38(31)32/h1-20H. The Hall–Kier alpha value is -6.10. The number of rotatable bonds is 3. The summed E-state index contributed by atoms with van der Waals surface area (Å²) in [5.74, 6) is 0. The van der Waals surface area contributed by atoms with Crippen LogP contribution in [0.4, 0.5) is 0 Å². The molecule has 0 unspecified atom stereocenters. The van der Waals surface area contributed by atoms with Crippen LogP contribution in [0, 0.1) is 22.7 Å². The van der Waals surface area contributed by atoms with E-state index in [4.69, 9.17) is 8.83 Å². The normalized spacial score (nSPS) is 11.3. The Bertz CT molecular complexity index is 2450. The fourth-order valence-electron chi connectivity index (χ4n) is 6.10. The lowest BCUT2D eigenvalue weighted by molar-refractivity contribution is 0.670. The highest BCUT2D eigenvalue weighted by Crippen LogP contribution is 2.46. The maximum Gasteiger partial charge on any atom is 0.143 e. The second-order valence-corrected chi connectivity index (χ2v) is 10.3. The average molecular weight is 537 g/mol. The molecule has 0 atom stereocenters. The third-order valence-electron chi connectivity index (χ3n) is 7.96. The molecule has 0 amide bonds. The van der Waals surface area contributed by atoms with E-state index in [-0.39, 0.29) is 0 Å². The predicted molar refractivity (Wildman–Crippen MR) is 167 cm³/mol. The van der Waals surface area contributed by atoms with Gasteiger partial charge in [-0.1, -0.05) is 84.9 Å². The first-order valence-electron chi connectivity index (χ1n) is 13.6. The average Bonchev–Trinajstić information content (AvgIpc) is 3.62. The van der Waals surface area contributed by atoms with Gasteiger partial charge >= 0.3 is 0 Å². The molecule has 6 aromatic carbocycles. The maximum absolute atomic E-state index is 9.77. The molecule has 0 radical (unpaired) electrons. The van der Waals surface area contributed by atoms with Crippen molar-refractivity contribution in [2.75, 3.05) is 0 Å². The molecule has 0 saturated carbocycles. The fourth-order valence-corrected chi connectivity index (χ4v) is 6.10. The number of para-hydroxylation sites is 3. The van der Waals surface area contributed by atoms with Crippen LogP contribution in [-0.2, 0) is 0 Å². The molecule has 4 heteroatoms. The largest absolute Gasteiger partial charge is 0.455 e. The summed E-state index contributed by atoms with van der Waals surface area (Å²) in [4.78, 5) is 0. The first-order valence-corrected chi connectivity index (χ1v) is 13.6. The van der Waals surface area contributed by atoms with E-state index in [0.29, 0.717) is 11.1 Å². The lowest BCUT2D eigenvalue weighted by atomic mass is 9.86. The van der Waals surface area contributed by atoms with Gasteiger partial charge in [0, 0.05) is 32.7 Å². The van der Waals surface area contributed by atoms with E-state index in [1.54, 1.807) is 6.07 Å². The van der Waals surface area contributed by atoms with Gasteiger partial charge < -0.3 is 8.83 Å². The summed E-state index contributed by atoms with van der Waals surface area (Å²) >= 11 is 0. The van der Waals surface area contributed by atoms with Crippen LogP contribution >= 0.6 is 0 Å². The van der Waals surface area contributed by atoms with E-state index in [1.807, 2.05) is 66.7 Å². The lowest BCUT2D eigenvalue weighted by Crippen LogP contribution is -1.92. The van der Waals surface area contributed by atoms with Crippen LogP contribution in [0.1, 0.15) is 11.1 Å². The maximum atomic E-state index is 9.77. The number of nitrogens with zero attached hydrogens (tertiary/aromatic N) is 2. The summed E-state index contributed by atoms with van der Waals surface area (Å²) in [5.41, 5.74) is 10.1. The van der Waals surface area contributed by atoms with Crippen LogP contribution in [0.3, 0.4) is 0 Å². The van der Waals surface area contributed by atoms with Gasteiger partial charge in [-0.2, -0.15) is 10.5 Å². The Morgan fingerprint density at radius 3 is 1.69 bits per heavy atom. The van der Waals surface area contributed by atoms with Crippen molar-refractivity contribution in [3.8, 4) is 45.5 Å². The van der Waals surface area contributed by atoms with Crippen LogP contribution in [0.25, 0.3) is 77.3 Å². The van der Waals surface area contributed by atoms with Gasteiger partial charge in [0.2, 0.25) is 0 Å². The highest BCUT2D eigenvalue weighted by atomic mass is 16.3. The number of furan rings is 2. The topological polar surface area (TPSA) is 73.9 Å². The number of nitriles is 2. The van der Waals surface area contributed by atoms with Crippen molar-refractivity contribution in [2.24, 2.45) is 0 Å². The summed E-state index contributed by atoms with van der Waals surface area (Å²) in [7, 11) is 0. The predicted octanol–water partition coefficient (Wildman–Crippen LogP) is 10.2. The molecule has 4 nitrogen and oxygen atoms in total. The molecule has 0 saturated heterocycles. The number of hydrogen-bond donors (Lipinski definition) is 0. The minimum Gasteiger partial charge on any atom is -0.455 e. The van der Waals surface area contributed by atoms with Crippen molar-refractivity contribution in [1.82, 2.24) is 0 Å². The number of benzene rings is 6. The Morgan fingerprint density at radius 1 is 0.429 bits per heavy atom. The van der Waals surface area contributed by atoms with Crippen LogP contribution in [0.15, 0.2) is 130 Å². The van der Waals surface area contributed by atoms with E-state index in [2.05, 4.69) is 60.7 Å². The van der Waals surface area contributed by atoms with Crippen LogP contribution < -0.4 is 0 Å². The van der Waals surface area contributed by atoms with Crippen molar-refractivity contribution in [3.05, 3.63) is 132 Å². The second kappa shape index (κ2) is 9.24. The second-order valence-electron chi connectivity index (χ2n) is 10.3. The first-order chi connectivity index (χ1) is 20.7. The smallest absolute Gasteiger partial charge is 0.143 e. The molecule has 42 heavy (non-hydrogen) atoms. The van der Waals surface area contributed by atoms with E-state index in [9.17, 15) is 10.5 Å². The Morgan fingerprint density at radius 2 is 0.976 bits per heavy atom.